The Labute approximate surface area is 175 Å². The molecule has 1 aliphatic heterocycles. The van der Waals surface area contributed by atoms with Crippen molar-refractivity contribution in [1.29, 1.82) is 0 Å². The number of carbonyl (C=O) groups excluding carboxylic acids is 2. The van der Waals surface area contributed by atoms with Gasteiger partial charge in [0.05, 0.1) is 4.88 Å². The highest BCUT2D eigenvalue weighted by atomic mass is 32.1. The monoisotopic (exact) mass is 435 g/mol. The van der Waals surface area contributed by atoms with Crippen LogP contribution in [0.25, 0.3) is 0 Å². The molecule has 1 fully saturated rings. The van der Waals surface area contributed by atoms with E-state index >= 15 is 0 Å². The topological polar surface area (TPSA) is 61.8 Å². The van der Waals surface area contributed by atoms with Gasteiger partial charge in [-0.1, -0.05) is 55.7 Å². The van der Waals surface area contributed by atoms with Crippen molar-refractivity contribution in [1.82, 2.24) is 10.2 Å². The van der Waals surface area contributed by atoms with Gasteiger partial charge in [-0.3, -0.25) is 14.5 Å². The zero-order chi connectivity index (χ0) is 21.4. The predicted molar refractivity (Wildman–Crippen MR) is 107 cm³/mol. The lowest BCUT2D eigenvalue weighted by Crippen LogP contribution is -2.64. The van der Waals surface area contributed by atoms with Gasteiger partial charge in [0.15, 0.2) is 0 Å². The molecule has 0 unspecified atom stereocenters. The number of nitrogens with zero attached hydrogens (tertiary/aromatic N) is 2. The summed E-state index contributed by atoms with van der Waals surface area (Å²) in [6.45, 7) is 0. The molecule has 2 aromatic rings. The highest BCUT2D eigenvalue weighted by Crippen LogP contribution is 2.41. The molecule has 5 nitrogen and oxygen atoms in total. The van der Waals surface area contributed by atoms with Crippen LogP contribution in [0.15, 0.2) is 52.8 Å². The van der Waals surface area contributed by atoms with Crippen LogP contribution in [0.4, 0.5) is 13.2 Å². The van der Waals surface area contributed by atoms with Crippen molar-refractivity contribution in [3.8, 4) is 0 Å². The standard InChI is InChI=1S/C21H20F3N3O2S/c22-21(23,24)20(26-18(28)16-12-7-13-30-16)19(29)27(15-10-5-2-6-11-15)17(25-20)14-8-3-1-4-9-14/h1,3-4,7-9,12-13,15H,2,5-6,10-11H2,(H,26,28)/t20-/m1/s1. The van der Waals surface area contributed by atoms with Crippen molar-refractivity contribution in [2.75, 3.05) is 0 Å². The SMILES string of the molecule is O=C(N[C@]1(C(F)(F)F)N=C(c2ccccc2)N(C2CCCCC2)C1=O)c1cccs1. The third kappa shape index (κ3) is 3.51. The Hall–Kier alpha value is -2.68. The molecule has 1 atom stereocenters. The van der Waals surface area contributed by atoms with Crippen LogP contribution in [-0.4, -0.2) is 40.4 Å². The normalized spacial score (nSPS) is 22.8. The Morgan fingerprint density at radius 2 is 1.80 bits per heavy atom. The number of thiophene rings is 1. The number of benzene rings is 1. The molecule has 0 radical (unpaired) electrons. The Balaban J connectivity index is 1.81. The van der Waals surface area contributed by atoms with Crippen LogP contribution in [0.5, 0.6) is 0 Å². The third-order valence-corrected chi connectivity index (χ3v) is 6.32. The molecule has 4 rings (SSSR count). The van der Waals surface area contributed by atoms with Crippen LogP contribution >= 0.6 is 11.3 Å². The van der Waals surface area contributed by atoms with E-state index in [-0.39, 0.29) is 16.8 Å². The van der Waals surface area contributed by atoms with Crippen molar-refractivity contribution in [3.05, 3.63) is 58.3 Å². The first-order chi connectivity index (χ1) is 14.3. The van der Waals surface area contributed by atoms with Crippen LogP contribution in [0, 0.1) is 0 Å². The molecule has 0 bridgehead atoms. The number of hydrogen-bond donors (Lipinski definition) is 1. The van der Waals surface area contributed by atoms with Gasteiger partial charge in [0.2, 0.25) is 0 Å². The first-order valence-corrected chi connectivity index (χ1v) is 10.6. The van der Waals surface area contributed by atoms with E-state index in [0.717, 1.165) is 35.5 Å². The van der Waals surface area contributed by atoms with E-state index in [0.29, 0.717) is 18.4 Å². The third-order valence-electron chi connectivity index (χ3n) is 5.45. The molecular weight excluding hydrogens is 415 g/mol. The van der Waals surface area contributed by atoms with Gasteiger partial charge in [-0.25, -0.2) is 4.99 Å². The summed E-state index contributed by atoms with van der Waals surface area (Å²) in [5.74, 6) is -2.26. The van der Waals surface area contributed by atoms with E-state index in [1.54, 1.807) is 41.8 Å². The van der Waals surface area contributed by atoms with E-state index < -0.39 is 23.7 Å². The number of rotatable bonds is 4. The van der Waals surface area contributed by atoms with Gasteiger partial charge in [-0.05, 0) is 24.3 Å². The van der Waals surface area contributed by atoms with E-state index in [4.69, 9.17) is 0 Å². The molecule has 0 saturated heterocycles. The predicted octanol–water partition coefficient (Wildman–Crippen LogP) is 4.36. The molecule has 1 N–H and O–H groups in total. The Morgan fingerprint density at radius 3 is 2.40 bits per heavy atom. The summed E-state index contributed by atoms with van der Waals surface area (Å²) in [6.07, 6.45) is -1.25. The van der Waals surface area contributed by atoms with Gasteiger partial charge in [0, 0.05) is 11.6 Å². The molecule has 2 heterocycles. The Bertz CT molecular complexity index is 954. The molecule has 2 aliphatic rings. The smallest absolute Gasteiger partial charge is 0.311 e. The summed E-state index contributed by atoms with van der Waals surface area (Å²) in [6, 6.07) is 10.9. The second-order valence-electron chi connectivity index (χ2n) is 7.41. The fourth-order valence-corrected chi connectivity index (χ4v) is 4.59. The van der Waals surface area contributed by atoms with Gasteiger partial charge in [-0.2, -0.15) is 13.2 Å². The molecule has 158 valence electrons. The summed E-state index contributed by atoms with van der Waals surface area (Å²) in [4.78, 5) is 31.0. The van der Waals surface area contributed by atoms with Gasteiger partial charge in [0.1, 0.15) is 5.84 Å². The Morgan fingerprint density at radius 1 is 1.10 bits per heavy atom. The maximum atomic E-state index is 14.3. The number of alkyl halides is 3. The number of aliphatic imine (C=N–C) groups is 1. The lowest BCUT2D eigenvalue weighted by molar-refractivity contribution is -0.196. The Kier molecular flexibility index (Phi) is 5.40. The fourth-order valence-electron chi connectivity index (χ4n) is 3.97. The van der Waals surface area contributed by atoms with Gasteiger partial charge >= 0.3 is 11.8 Å². The number of amidine groups is 1. The van der Waals surface area contributed by atoms with Crippen molar-refractivity contribution in [2.45, 2.75) is 50.0 Å². The minimum atomic E-state index is -5.10. The van der Waals surface area contributed by atoms with Crippen LogP contribution in [-0.2, 0) is 4.79 Å². The molecule has 30 heavy (non-hydrogen) atoms. The van der Waals surface area contributed by atoms with E-state index in [9.17, 15) is 22.8 Å². The second-order valence-corrected chi connectivity index (χ2v) is 8.36. The van der Waals surface area contributed by atoms with E-state index in [1.807, 2.05) is 5.32 Å². The fraction of sp³-hybridized carbons (Fsp3) is 0.381. The molecule has 9 heteroatoms. The zero-order valence-electron chi connectivity index (χ0n) is 16.0. The number of nitrogens with one attached hydrogen (secondary N) is 1. The average molecular weight is 435 g/mol. The molecule has 1 aliphatic carbocycles. The van der Waals surface area contributed by atoms with Crippen molar-refractivity contribution in [2.24, 2.45) is 4.99 Å². The molecule has 1 saturated carbocycles. The molecule has 1 aromatic carbocycles. The summed E-state index contributed by atoms with van der Waals surface area (Å²) in [5, 5.41) is 3.50. The van der Waals surface area contributed by atoms with E-state index in [2.05, 4.69) is 4.99 Å². The summed E-state index contributed by atoms with van der Waals surface area (Å²) >= 11 is 0.998. The van der Waals surface area contributed by atoms with Crippen molar-refractivity contribution < 1.29 is 22.8 Å². The average Bonchev–Trinajstić information content (AvgIpc) is 3.37. The van der Waals surface area contributed by atoms with Crippen LogP contribution < -0.4 is 5.32 Å². The number of carbonyl (C=O) groups is 2. The largest absolute Gasteiger partial charge is 0.442 e. The number of halogens is 3. The van der Waals surface area contributed by atoms with Gasteiger partial charge in [-0.15, -0.1) is 11.3 Å². The quantitative estimate of drug-likeness (QED) is 0.776. The van der Waals surface area contributed by atoms with Crippen LogP contribution in [0.3, 0.4) is 0 Å². The molecule has 0 spiro atoms. The van der Waals surface area contributed by atoms with E-state index in [1.165, 1.54) is 6.07 Å². The molecule has 1 aromatic heterocycles. The first kappa shape index (κ1) is 20.6. The second kappa shape index (κ2) is 7.86. The minimum absolute atomic E-state index is 0.0451. The summed E-state index contributed by atoms with van der Waals surface area (Å²) < 4.78 is 43.0. The van der Waals surface area contributed by atoms with Crippen molar-refractivity contribution in [3.63, 3.8) is 0 Å². The lowest BCUT2D eigenvalue weighted by atomic mass is 9.93. The van der Waals surface area contributed by atoms with Gasteiger partial charge in [0.25, 0.3) is 11.8 Å². The van der Waals surface area contributed by atoms with Crippen molar-refractivity contribution >= 4 is 29.0 Å². The van der Waals surface area contributed by atoms with Gasteiger partial charge < -0.3 is 5.32 Å². The summed E-state index contributed by atoms with van der Waals surface area (Å²) in [5.41, 5.74) is -2.93. The molecule has 2 amide bonds. The maximum absolute atomic E-state index is 14.3. The summed E-state index contributed by atoms with van der Waals surface area (Å²) in [7, 11) is 0. The van der Waals surface area contributed by atoms with Crippen LogP contribution in [0.1, 0.15) is 47.3 Å². The minimum Gasteiger partial charge on any atom is -0.311 e. The molecular formula is C21H20F3N3O2S. The number of hydrogen-bond acceptors (Lipinski definition) is 4. The lowest BCUT2D eigenvalue weighted by Gasteiger charge is -2.34. The van der Waals surface area contributed by atoms with Crippen LogP contribution in [0.2, 0.25) is 0 Å². The highest BCUT2D eigenvalue weighted by Gasteiger charge is 2.67. The first-order valence-electron chi connectivity index (χ1n) is 9.75. The zero-order valence-corrected chi connectivity index (χ0v) is 16.8. The number of amides is 2. The highest BCUT2D eigenvalue weighted by molar-refractivity contribution is 7.12. The maximum Gasteiger partial charge on any atom is 0.442 e.